The van der Waals surface area contributed by atoms with Crippen molar-refractivity contribution in [3.63, 3.8) is 0 Å². The molecule has 0 heterocycles. The Hall–Kier alpha value is -0.910. The molecule has 0 amide bonds. The Bertz CT molecular complexity index is 653. The van der Waals surface area contributed by atoms with Crippen molar-refractivity contribution >= 4 is 63.3 Å². The standard InChI is InChI=1S/C14H14IN3O2S2/c1-9-2-3-11(8-13(9)15)18-14(21)17-10-4-6-12(7-5-10)22-20-19-16/h2-8H,16H2,1H3,(H2,17,18,21). The first kappa shape index (κ1) is 17.4. The molecule has 0 bridgehead atoms. The molecule has 0 atom stereocenters. The lowest BCUT2D eigenvalue weighted by atomic mass is 10.2. The van der Waals surface area contributed by atoms with Gasteiger partial charge in [0, 0.05) is 19.8 Å². The van der Waals surface area contributed by atoms with Gasteiger partial charge in [0.2, 0.25) is 0 Å². The van der Waals surface area contributed by atoms with Crippen molar-refractivity contribution in [2.45, 2.75) is 11.8 Å². The minimum atomic E-state index is 0.529. The lowest BCUT2D eigenvalue weighted by Gasteiger charge is -2.11. The van der Waals surface area contributed by atoms with Crippen molar-refractivity contribution in [3.05, 3.63) is 51.6 Å². The lowest BCUT2D eigenvalue weighted by molar-refractivity contribution is -0.195. The summed E-state index contributed by atoms with van der Waals surface area (Å²) < 4.78 is 5.76. The van der Waals surface area contributed by atoms with Crippen molar-refractivity contribution in [1.29, 1.82) is 0 Å². The van der Waals surface area contributed by atoms with Gasteiger partial charge in [0.15, 0.2) is 5.11 Å². The van der Waals surface area contributed by atoms with Gasteiger partial charge in [0.25, 0.3) is 0 Å². The number of nitrogens with two attached hydrogens (primary N) is 1. The minimum Gasteiger partial charge on any atom is -0.332 e. The van der Waals surface area contributed by atoms with Crippen LogP contribution in [0, 0.1) is 10.5 Å². The second-order valence-corrected chi connectivity index (χ2v) is 6.66. The largest absolute Gasteiger partial charge is 0.332 e. The SMILES string of the molecule is Cc1ccc(NC(=S)Nc2ccc(SOON)cc2)cc1I. The summed E-state index contributed by atoms with van der Waals surface area (Å²) in [6.45, 7) is 2.07. The highest BCUT2D eigenvalue weighted by molar-refractivity contribution is 14.1. The van der Waals surface area contributed by atoms with Crippen LogP contribution in [0.5, 0.6) is 0 Å². The van der Waals surface area contributed by atoms with Crippen molar-refractivity contribution < 1.29 is 9.32 Å². The lowest BCUT2D eigenvalue weighted by Crippen LogP contribution is -2.19. The first-order chi connectivity index (χ1) is 10.6. The van der Waals surface area contributed by atoms with Crippen LogP contribution in [-0.4, -0.2) is 5.11 Å². The molecule has 116 valence electrons. The van der Waals surface area contributed by atoms with Crippen LogP contribution in [0.4, 0.5) is 11.4 Å². The molecule has 4 N–H and O–H groups in total. The molecule has 0 saturated heterocycles. The van der Waals surface area contributed by atoms with Gasteiger partial charge in [-0.2, -0.15) is 5.90 Å². The molecule has 2 aromatic rings. The van der Waals surface area contributed by atoms with Gasteiger partial charge in [-0.15, -0.1) is 9.32 Å². The first-order valence-electron chi connectivity index (χ1n) is 6.23. The molecule has 0 aliphatic heterocycles. The maximum atomic E-state index is 5.31. The van der Waals surface area contributed by atoms with Crippen LogP contribution >= 0.6 is 46.9 Å². The molecule has 8 heteroatoms. The van der Waals surface area contributed by atoms with Crippen LogP contribution in [0.25, 0.3) is 0 Å². The normalized spacial score (nSPS) is 10.3. The summed E-state index contributed by atoms with van der Waals surface area (Å²) in [6, 6.07) is 13.6. The monoisotopic (exact) mass is 447 g/mol. The van der Waals surface area contributed by atoms with E-state index in [9.17, 15) is 0 Å². The fraction of sp³-hybridized carbons (Fsp3) is 0.0714. The summed E-state index contributed by atoms with van der Waals surface area (Å²) in [5, 5.41) is 6.81. The van der Waals surface area contributed by atoms with E-state index >= 15 is 0 Å². The van der Waals surface area contributed by atoms with Gasteiger partial charge in [0.1, 0.15) is 0 Å². The minimum absolute atomic E-state index is 0.529. The molecule has 0 saturated carbocycles. The molecule has 5 nitrogen and oxygen atoms in total. The molecule has 2 rings (SSSR count). The van der Waals surface area contributed by atoms with Crippen molar-refractivity contribution in [1.82, 2.24) is 0 Å². The van der Waals surface area contributed by atoms with E-state index in [2.05, 4.69) is 55.5 Å². The van der Waals surface area contributed by atoms with Gasteiger partial charge in [-0.25, -0.2) is 0 Å². The third kappa shape index (κ3) is 5.38. The number of aryl methyl sites for hydroxylation is 1. The molecule has 0 unspecified atom stereocenters. The van der Waals surface area contributed by atoms with E-state index in [1.165, 1.54) is 9.13 Å². The van der Waals surface area contributed by atoms with E-state index < -0.39 is 0 Å². The summed E-state index contributed by atoms with van der Waals surface area (Å²) in [5.74, 6) is 4.78. The fourth-order valence-corrected chi connectivity index (χ4v) is 2.73. The maximum Gasteiger partial charge on any atom is 0.175 e. The third-order valence-electron chi connectivity index (χ3n) is 2.71. The van der Waals surface area contributed by atoms with Gasteiger partial charge in [-0.05, 0) is 83.7 Å². The van der Waals surface area contributed by atoms with E-state index in [0.717, 1.165) is 28.3 Å². The molecular weight excluding hydrogens is 433 g/mol. The second kappa shape index (κ2) is 8.65. The average Bonchev–Trinajstić information content (AvgIpc) is 2.50. The topological polar surface area (TPSA) is 68.5 Å². The van der Waals surface area contributed by atoms with Crippen LogP contribution in [0.15, 0.2) is 47.4 Å². The van der Waals surface area contributed by atoms with Crippen LogP contribution < -0.4 is 16.5 Å². The molecular formula is C14H14IN3O2S2. The van der Waals surface area contributed by atoms with E-state index in [-0.39, 0.29) is 0 Å². The number of thiocarbonyl (C=S) groups is 1. The third-order valence-corrected chi connectivity index (χ3v) is 4.69. The Morgan fingerprint density at radius 2 is 1.77 bits per heavy atom. The number of nitrogens with one attached hydrogen (secondary N) is 2. The van der Waals surface area contributed by atoms with Crippen LogP contribution in [0.1, 0.15) is 5.56 Å². The summed E-state index contributed by atoms with van der Waals surface area (Å²) >= 11 is 8.63. The Balaban J connectivity index is 1.92. The molecule has 0 aliphatic rings. The van der Waals surface area contributed by atoms with Crippen LogP contribution in [0.2, 0.25) is 0 Å². The predicted octanol–water partition coefficient (Wildman–Crippen LogP) is 4.24. The average molecular weight is 447 g/mol. The summed E-state index contributed by atoms with van der Waals surface area (Å²) in [5.41, 5.74) is 3.06. The fourth-order valence-electron chi connectivity index (χ4n) is 1.62. The van der Waals surface area contributed by atoms with E-state index in [4.69, 9.17) is 18.1 Å². The van der Waals surface area contributed by atoms with Crippen molar-refractivity contribution in [2.75, 3.05) is 10.6 Å². The van der Waals surface area contributed by atoms with Gasteiger partial charge < -0.3 is 10.6 Å². The molecule has 0 spiro atoms. The number of benzene rings is 2. The first-order valence-corrected chi connectivity index (χ1v) is 8.45. The molecule has 0 fully saturated rings. The Labute approximate surface area is 152 Å². The number of anilines is 2. The Morgan fingerprint density at radius 3 is 2.41 bits per heavy atom. The molecule has 2 aromatic carbocycles. The quantitative estimate of drug-likeness (QED) is 0.208. The smallest absolute Gasteiger partial charge is 0.175 e. The number of hydrogen-bond acceptors (Lipinski definition) is 5. The summed E-state index contributed by atoms with van der Waals surface area (Å²) in [6.07, 6.45) is 0. The van der Waals surface area contributed by atoms with E-state index in [1.807, 2.05) is 36.4 Å². The zero-order valence-electron chi connectivity index (χ0n) is 11.6. The second-order valence-electron chi connectivity index (χ2n) is 4.32. The molecule has 22 heavy (non-hydrogen) atoms. The van der Waals surface area contributed by atoms with Gasteiger partial charge >= 0.3 is 0 Å². The van der Waals surface area contributed by atoms with Crippen LogP contribution in [-0.2, 0) is 9.32 Å². The summed E-state index contributed by atoms with van der Waals surface area (Å²) in [7, 11) is 0. The molecule has 0 aromatic heterocycles. The zero-order chi connectivity index (χ0) is 15.9. The molecule has 0 aliphatic carbocycles. The van der Waals surface area contributed by atoms with Crippen LogP contribution in [0.3, 0.4) is 0 Å². The van der Waals surface area contributed by atoms with E-state index in [0.29, 0.717) is 5.11 Å². The van der Waals surface area contributed by atoms with Gasteiger partial charge in [0.05, 0.1) is 12.0 Å². The van der Waals surface area contributed by atoms with E-state index in [1.54, 1.807) is 0 Å². The highest BCUT2D eigenvalue weighted by atomic mass is 127. The van der Waals surface area contributed by atoms with Crippen molar-refractivity contribution in [3.8, 4) is 0 Å². The van der Waals surface area contributed by atoms with Gasteiger partial charge in [-0.3, -0.25) is 0 Å². The predicted molar refractivity (Wildman–Crippen MR) is 102 cm³/mol. The highest BCUT2D eigenvalue weighted by Crippen LogP contribution is 2.21. The number of rotatable bonds is 5. The van der Waals surface area contributed by atoms with Gasteiger partial charge in [-0.1, -0.05) is 6.07 Å². The number of halogens is 1. The number of hydrogen-bond donors (Lipinski definition) is 3. The molecule has 0 radical (unpaired) electrons. The summed E-state index contributed by atoms with van der Waals surface area (Å²) in [4.78, 5) is 4.90. The maximum absolute atomic E-state index is 5.31. The Morgan fingerprint density at radius 1 is 1.14 bits per heavy atom. The van der Waals surface area contributed by atoms with Crippen molar-refractivity contribution in [2.24, 2.45) is 5.90 Å². The highest BCUT2D eigenvalue weighted by Gasteiger charge is 2.02. The zero-order valence-corrected chi connectivity index (χ0v) is 15.4. The Kier molecular flexibility index (Phi) is 6.86.